The minimum atomic E-state index is -0.373. The Bertz CT molecular complexity index is 1120. The number of amides is 2. The van der Waals surface area contributed by atoms with Gasteiger partial charge in [-0.2, -0.15) is 0 Å². The highest BCUT2D eigenvalue weighted by molar-refractivity contribution is 7.13. The van der Waals surface area contributed by atoms with Crippen molar-refractivity contribution >= 4 is 39.2 Å². The molecule has 1 aliphatic rings. The van der Waals surface area contributed by atoms with Crippen LogP contribution in [0.5, 0.6) is 0 Å². The number of hydrogen-bond donors (Lipinski definition) is 1. The van der Waals surface area contributed by atoms with E-state index < -0.39 is 0 Å². The van der Waals surface area contributed by atoms with Gasteiger partial charge in [-0.05, 0) is 43.4 Å². The normalized spacial score (nSPS) is 14.7. The summed E-state index contributed by atoms with van der Waals surface area (Å²) in [4.78, 5) is 45.7. The zero-order chi connectivity index (χ0) is 20.4. The van der Waals surface area contributed by atoms with Crippen molar-refractivity contribution in [2.75, 3.05) is 38.5 Å². The fourth-order valence-electron chi connectivity index (χ4n) is 3.20. The summed E-state index contributed by atoms with van der Waals surface area (Å²) in [6.07, 6.45) is 0. The van der Waals surface area contributed by atoms with Gasteiger partial charge in [-0.15, -0.1) is 0 Å². The molecule has 0 atom stereocenters. The fourth-order valence-corrected chi connectivity index (χ4v) is 3.94. The Kier molecular flexibility index (Phi) is 5.37. The number of nitrogens with zero attached hydrogens (tertiary/aromatic N) is 3. The number of fused-ring (bicyclic) bond motifs is 1. The summed E-state index contributed by atoms with van der Waals surface area (Å²) in [7, 11) is 2.04. The van der Waals surface area contributed by atoms with Crippen molar-refractivity contribution in [2.24, 2.45) is 0 Å². The highest BCUT2D eigenvalue weighted by atomic mass is 32.1. The molecule has 2 heterocycles. The first-order valence-electron chi connectivity index (χ1n) is 9.30. The van der Waals surface area contributed by atoms with Gasteiger partial charge >= 0.3 is 0 Å². The van der Waals surface area contributed by atoms with E-state index in [2.05, 4.69) is 15.2 Å². The van der Waals surface area contributed by atoms with E-state index in [1.54, 1.807) is 48.5 Å². The van der Waals surface area contributed by atoms with Crippen molar-refractivity contribution in [3.8, 4) is 0 Å². The van der Waals surface area contributed by atoms with E-state index in [9.17, 15) is 14.4 Å². The molecule has 7 nitrogen and oxygen atoms in total. The predicted molar refractivity (Wildman–Crippen MR) is 114 cm³/mol. The van der Waals surface area contributed by atoms with Crippen LogP contribution in [0.1, 0.15) is 20.7 Å². The van der Waals surface area contributed by atoms with Crippen LogP contribution in [0.15, 0.2) is 53.3 Å². The molecule has 0 spiro atoms. The maximum atomic E-state index is 12.6. The molecule has 29 heavy (non-hydrogen) atoms. The number of nitrogens with one attached hydrogen (secondary N) is 1. The van der Waals surface area contributed by atoms with Gasteiger partial charge in [-0.25, -0.2) is 4.98 Å². The highest BCUT2D eigenvalue weighted by Gasteiger charge is 2.20. The standard InChI is InChI=1S/C21H20N4O3S/c1-24-10-12-25(13-11-24)19(27)15-8-6-14(7-9-15)18(26)23-21-22-17-5-3-2-4-16(17)20(28)29-21/h2-9H,10-13H2,1H3,(H,22,23,26). The van der Waals surface area contributed by atoms with E-state index in [-0.39, 0.29) is 21.7 Å². The van der Waals surface area contributed by atoms with Crippen molar-refractivity contribution in [1.29, 1.82) is 0 Å². The van der Waals surface area contributed by atoms with Crippen LogP contribution in [0.4, 0.5) is 5.13 Å². The molecule has 1 aliphatic heterocycles. The summed E-state index contributed by atoms with van der Waals surface area (Å²) >= 11 is 0.893. The smallest absolute Gasteiger partial charge is 0.257 e. The average Bonchev–Trinajstić information content (AvgIpc) is 2.74. The molecule has 0 aliphatic carbocycles. The number of para-hydroxylation sites is 1. The Labute approximate surface area is 171 Å². The van der Waals surface area contributed by atoms with Gasteiger partial charge in [0, 0.05) is 37.3 Å². The van der Waals surface area contributed by atoms with Crippen LogP contribution in [0, 0.1) is 0 Å². The zero-order valence-corrected chi connectivity index (χ0v) is 16.7. The van der Waals surface area contributed by atoms with E-state index in [1.165, 1.54) is 0 Å². The average molecular weight is 408 g/mol. The number of aromatic nitrogens is 1. The number of piperazine rings is 1. The maximum absolute atomic E-state index is 12.6. The lowest BCUT2D eigenvalue weighted by Gasteiger charge is -2.32. The van der Waals surface area contributed by atoms with Crippen LogP contribution in [-0.4, -0.2) is 59.8 Å². The van der Waals surface area contributed by atoms with E-state index in [1.807, 2.05) is 11.9 Å². The number of anilines is 1. The van der Waals surface area contributed by atoms with Crippen LogP contribution >= 0.6 is 11.3 Å². The third-order valence-electron chi connectivity index (χ3n) is 4.94. The number of rotatable bonds is 3. The first-order valence-corrected chi connectivity index (χ1v) is 10.1. The molecule has 4 rings (SSSR count). The third kappa shape index (κ3) is 4.18. The van der Waals surface area contributed by atoms with Gasteiger partial charge in [0.2, 0.25) is 4.74 Å². The van der Waals surface area contributed by atoms with E-state index >= 15 is 0 Å². The molecule has 3 aromatic rings. The predicted octanol–water partition coefficient (Wildman–Crippen LogP) is 2.30. The topological polar surface area (TPSA) is 82.6 Å². The first kappa shape index (κ1) is 19.2. The number of hydrogen-bond acceptors (Lipinski definition) is 6. The number of likely N-dealkylation sites (N-methyl/N-ethyl adjacent to an activating group) is 1. The molecular formula is C21H20N4O3S. The van der Waals surface area contributed by atoms with Crippen molar-refractivity contribution in [3.05, 3.63) is 69.2 Å². The first-order chi connectivity index (χ1) is 14.0. The Morgan fingerprint density at radius 2 is 1.62 bits per heavy atom. The molecule has 2 amide bonds. The van der Waals surface area contributed by atoms with Crippen LogP contribution in [0.3, 0.4) is 0 Å². The molecular weight excluding hydrogens is 388 g/mol. The zero-order valence-electron chi connectivity index (χ0n) is 15.9. The van der Waals surface area contributed by atoms with Gasteiger partial charge in [0.15, 0.2) is 5.13 Å². The SMILES string of the molecule is CN1CCN(C(=O)c2ccc(C(=O)Nc3nc4ccccc4c(=O)s3)cc2)CC1. The largest absolute Gasteiger partial charge is 0.336 e. The number of benzene rings is 2. The summed E-state index contributed by atoms with van der Waals surface area (Å²) in [6, 6.07) is 13.6. The van der Waals surface area contributed by atoms with E-state index in [0.717, 1.165) is 24.4 Å². The Morgan fingerprint density at radius 1 is 0.966 bits per heavy atom. The van der Waals surface area contributed by atoms with E-state index in [4.69, 9.17) is 0 Å². The maximum Gasteiger partial charge on any atom is 0.257 e. The van der Waals surface area contributed by atoms with Crippen molar-refractivity contribution in [1.82, 2.24) is 14.8 Å². The summed E-state index contributed by atoms with van der Waals surface area (Å²) in [5, 5.41) is 3.45. The van der Waals surface area contributed by atoms with Gasteiger partial charge in [-0.1, -0.05) is 23.5 Å². The fraction of sp³-hybridized carbons (Fsp3) is 0.238. The van der Waals surface area contributed by atoms with Crippen molar-refractivity contribution in [2.45, 2.75) is 0 Å². The summed E-state index contributed by atoms with van der Waals surface area (Å²) in [5.41, 5.74) is 1.49. The molecule has 8 heteroatoms. The molecule has 1 N–H and O–H groups in total. The molecule has 1 aromatic heterocycles. The second kappa shape index (κ2) is 8.10. The second-order valence-electron chi connectivity index (χ2n) is 6.95. The second-order valence-corrected chi connectivity index (χ2v) is 7.91. The van der Waals surface area contributed by atoms with Crippen LogP contribution in [-0.2, 0) is 0 Å². The third-order valence-corrected chi connectivity index (χ3v) is 5.73. The molecule has 1 fully saturated rings. The minimum Gasteiger partial charge on any atom is -0.336 e. The quantitative estimate of drug-likeness (QED) is 0.719. The van der Waals surface area contributed by atoms with Crippen LogP contribution in [0.25, 0.3) is 10.9 Å². The summed E-state index contributed by atoms with van der Waals surface area (Å²) in [5.74, 6) is -0.401. The Morgan fingerprint density at radius 3 is 2.34 bits per heavy atom. The monoisotopic (exact) mass is 408 g/mol. The molecule has 0 bridgehead atoms. The summed E-state index contributed by atoms with van der Waals surface area (Å²) in [6.45, 7) is 3.11. The van der Waals surface area contributed by atoms with Crippen molar-refractivity contribution < 1.29 is 9.59 Å². The number of carbonyl (C=O) groups excluding carboxylic acids is 2. The van der Waals surface area contributed by atoms with Gasteiger partial charge < -0.3 is 9.80 Å². The molecule has 148 valence electrons. The van der Waals surface area contributed by atoms with Gasteiger partial charge in [0.25, 0.3) is 11.8 Å². The Hall–Kier alpha value is -3.10. The number of carbonyl (C=O) groups is 2. The van der Waals surface area contributed by atoms with Crippen LogP contribution < -0.4 is 10.1 Å². The van der Waals surface area contributed by atoms with Gasteiger partial charge in [-0.3, -0.25) is 19.7 Å². The molecule has 0 saturated carbocycles. The molecule has 0 radical (unpaired) electrons. The lowest BCUT2D eigenvalue weighted by Crippen LogP contribution is -2.47. The lowest BCUT2D eigenvalue weighted by atomic mass is 10.1. The van der Waals surface area contributed by atoms with Crippen molar-refractivity contribution in [3.63, 3.8) is 0 Å². The Balaban J connectivity index is 1.47. The molecule has 1 saturated heterocycles. The van der Waals surface area contributed by atoms with Crippen LogP contribution in [0.2, 0.25) is 0 Å². The van der Waals surface area contributed by atoms with Gasteiger partial charge in [0.1, 0.15) is 0 Å². The molecule has 2 aromatic carbocycles. The highest BCUT2D eigenvalue weighted by Crippen LogP contribution is 2.16. The van der Waals surface area contributed by atoms with E-state index in [0.29, 0.717) is 35.1 Å². The summed E-state index contributed by atoms with van der Waals surface area (Å²) < 4.78 is -0.154. The minimum absolute atomic E-state index is 0.0283. The lowest BCUT2D eigenvalue weighted by molar-refractivity contribution is 0.0664. The van der Waals surface area contributed by atoms with Gasteiger partial charge in [0.05, 0.1) is 10.9 Å². The molecule has 0 unspecified atom stereocenters.